The van der Waals surface area contributed by atoms with E-state index in [1.165, 1.54) is 29.5 Å². The molecule has 94 valence electrons. The second-order valence-corrected chi connectivity index (χ2v) is 6.54. The molecular weight excluding hydrogens is 230 g/mol. The second kappa shape index (κ2) is 5.78. The van der Waals surface area contributed by atoms with Crippen molar-refractivity contribution in [2.75, 3.05) is 12.3 Å². The van der Waals surface area contributed by atoms with Crippen LogP contribution in [0.4, 0.5) is 0 Å². The van der Waals surface area contributed by atoms with Crippen LogP contribution in [0.5, 0.6) is 0 Å². The number of benzene rings is 1. The summed E-state index contributed by atoms with van der Waals surface area (Å²) in [6.07, 6.45) is 2.41. The van der Waals surface area contributed by atoms with E-state index in [9.17, 15) is 4.21 Å². The molecule has 1 aliphatic rings. The van der Waals surface area contributed by atoms with Crippen molar-refractivity contribution in [3.8, 4) is 0 Å². The Kier molecular flexibility index (Phi) is 4.35. The average molecular weight is 251 g/mol. The highest BCUT2D eigenvalue weighted by molar-refractivity contribution is 7.84. The third-order valence-electron chi connectivity index (χ3n) is 3.16. The van der Waals surface area contributed by atoms with E-state index in [1.807, 2.05) is 0 Å². The Hall–Kier alpha value is -0.670. The van der Waals surface area contributed by atoms with Crippen LogP contribution in [-0.4, -0.2) is 22.5 Å². The molecule has 1 saturated heterocycles. The first kappa shape index (κ1) is 12.8. The Bertz CT molecular complexity index is 390. The molecule has 2 atom stereocenters. The Labute approximate surface area is 106 Å². The van der Waals surface area contributed by atoms with Gasteiger partial charge in [0.1, 0.15) is 0 Å². The molecule has 0 aromatic heterocycles. The molecule has 3 heteroatoms. The van der Waals surface area contributed by atoms with Crippen LogP contribution >= 0.6 is 0 Å². The second-order valence-electron chi connectivity index (χ2n) is 5.04. The number of hydrogen-bond donors (Lipinski definition) is 1. The summed E-state index contributed by atoms with van der Waals surface area (Å²) >= 11 is 0. The van der Waals surface area contributed by atoms with Gasteiger partial charge in [-0.05, 0) is 38.8 Å². The van der Waals surface area contributed by atoms with Crippen molar-refractivity contribution >= 4 is 10.8 Å². The van der Waals surface area contributed by atoms with Gasteiger partial charge in [0, 0.05) is 28.3 Å². The largest absolute Gasteiger partial charge is 0.313 e. The molecule has 0 bridgehead atoms. The summed E-state index contributed by atoms with van der Waals surface area (Å²) in [4.78, 5) is 0. The summed E-state index contributed by atoms with van der Waals surface area (Å²) in [5.41, 5.74) is 3.73. The maximum absolute atomic E-state index is 12.1. The molecule has 1 aliphatic heterocycles. The lowest BCUT2D eigenvalue weighted by Gasteiger charge is -2.10. The van der Waals surface area contributed by atoms with Crippen LogP contribution in [0.15, 0.2) is 18.2 Å². The minimum atomic E-state index is -0.740. The molecule has 17 heavy (non-hydrogen) atoms. The van der Waals surface area contributed by atoms with E-state index >= 15 is 0 Å². The fourth-order valence-electron chi connectivity index (χ4n) is 2.52. The van der Waals surface area contributed by atoms with Crippen LogP contribution in [0.25, 0.3) is 0 Å². The predicted molar refractivity (Wildman–Crippen MR) is 73.7 cm³/mol. The third-order valence-corrected chi connectivity index (χ3v) is 4.59. The lowest BCUT2D eigenvalue weighted by Crippen LogP contribution is -2.27. The van der Waals surface area contributed by atoms with E-state index in [-0.39, 0.29) is 0 Å². The van der Waals surface area contributed by atoms with Crippen molar-refractivity contribution < 1.29 is 4.21 Å². The maximum Gasteiger partial charge on any atom is 0.0486 e. The zero-order valence-electron chi connectivity index (χ0n) is 10.7. The van der Waals surface area contributed by atoms with Gasteiger partial charge in [-0.1, -0.05) is 29.3 Å². The van der Waals surface area contributed by atoms with Crippen molar-refractivity contribution in [1.82, 2.24) is 5.32 Å². The normalized spacial score (nSPS) is 21.6. The van der Waals surface area contributed by atoms with E-state index in [0.717, 1.165) is 12.3 Å². The van der Waals surface area contributed by atoms with Crippen LogP contribution in [0.1, 0.15) is 29.5 Å². The molecule has 1 fully saturated rings. The summed E-state index contributed by atoms with van der Waals surface area (Å²) in [5.74, 6) is 1.49. The summed E-state index contributed by atoms with van der Waals surface area (Å²) in [5, 5.41) is 3.40. The van der Waals surface area contributed by atoms with Crippen LogP contribution in [0.2, 0.25) is 0 Å². The molecule has 0 spiro atoms. The molecule has 2 nitrogen and oxygen atoms in total. The number of hydrogen-bond acceptors (Lipinski definition) is 2. The van der Waals surface area contributed by atoms with Gasteiger partial charge >= 0.3 is 0 Å². The highest BCUT2D eigenvalue weighted by atomic mass is 32.2. The van der Waals surface area contributed by atoms with Gasteiger partial charge in [0.15, 0.2) is 0 Å². The monoisotopic (exact) mass is 251 g/mol. The van der Waals surface area contributed by atoms with Gasteiger partial charge in [0.25, 0.3) is 0 Å². The zero-order chi connectivity index (χ0) is 12.3. The molecule has 1 aromatic carbocycles. The van der Waals surface area contributed by atoms with Gasteiger partial charge in [-0.15, -0.1) is 0 Å². The van der Waals surface area contributed by atoms with E-state index in [1.54, 1.807) is 0 Å². The lowest BCUT2D eigenvalue weighted by molar-refractivity contribution is 0.643. The Morgan fingerprint density at radius 3 is 2.59 bits per heavy atom. The number of rotatable bonds is 4. The van der Waals surface area contributed by atoms with E-state index in [0.29, 0.717) is 11.8 Å². The summed E-state index contributed by atoms with van der Waals surface area (Å²) in [7, 11) is -0.740. The Balaban J connectivity index is 1.92. The lowest BCUT2D eigenvalue weighted by atomic mass is 10.1. The summed E-state index contributed by atoms with van der Waals surface area (Å²) < 4.78 is 12.1. The maximum atomic E-state index is 12.1. The van der Waals surface area contributed by atoms with E-state index in [2.05, 4.69) is 37.4 Å². The minimum absolute atomic E-state index is 0.474. The number of nitrogens with one attached hydrogen (secondary N) is 1. The molecule has 2 rings (SSSR count). The number of aryl methyl sites for hydroxylation is 2. The summed E-state index contributed by atoms with van der Waals surface area (Å²) in [6, 6.07) is 6.92. The molecule has 1 N–H and O–H groups in total. The molecule has 1 unspecified atom stereocenters. The third kappa shape index (κ3) is 3.93. The molecule has 1 heterocycles. The standard InChI is InChI=1S/C14H21NOS/c1-11-6-12(2)8-13(7-11)9-17(16)10-14-4-3-5-15-14/h6-8,14-15H,3-5,9-10H2,1-2H3/t14-,17?/m1/s1. The van der Waals surface area contributed by atoms with E-state index < -0.39 is 10.8 Å². The molecule has 0 aliphatic carbocycles. The van der Waals surface area contributed by atoms with Crippen LogP contribution in [-0.2, 0) is 16.6 Å². The van der Waals surface area contributed by atoms with Gasteiger partial charge in [0.2, 0.25) is 0 Å². The smallest absolute Gasteiger partial charge is 0.0486 e. The van der Waals surface area contributed by atoms with Gasteiger partial charge in [-0.25, -0.2) is 0 Å². The molecule has 0 saturated carbocycles. The van der Waals surface area contributed by atoms with Crippen molar-refractivity contribution in [3.63, 3.8) is 0 Å². The Morgan fingerprint density at radius 1 is 1.29 bits per heavy atom. The molecule has 0 radical (unpaired) electrons. The van der Waals surface area contributed by atoms with E-state index in [4.69, 9.17) is 0 Å². The zero-order valence-corrected chi connectivity index (χ0v) is 11.5. The van der Waals surface area contributed by atoms with Crippen molar-refractivity contribution in [2.24, 2.45) is 0 Å². The average Bonchev–Trinajstić information content (AvgIpc) is 2.67. The van der Waals surface area contributed by atoms with Crippen LogP contribution < -0.4 is 5.32 Å². The van der Waals surface area contributed by atoms with Gasteiger partial charge in [0.05, 0.1) is 0 Å². The predicted octanol–water partition coefficient (Wildman–Crippen LogP) is 2.30. The van der Waals surface area contributed by atoms with Crippen molar-refractivity contribution in [1.29, 1.82) is 0 Å². The fourth-order valence-corrected chi connectivity index (χ4v) is 3.91. The first-order chi connectivity index (χ1) is 8.13. The van der Waals surface area contributed by atoms with Crippen molar-refractivity contribution in [2.45, 2.75) is 38.5 Å². The quantitative estimate of drug-likeness (QED) is 0.889. The Morgan fingerprint density at radius 2 is 2.00 bits per heavy atom. The first-order valence-corrected chi connectivity index (χ1v) is 7.78. The van der Waals surface area contributed by atoms with Crippen molar-refractivity contribution in [3.05, 3.63) is 34.9 Å². The SMILES string of the molecule is Cc1cc(C)cc(CS(=O)C[C@H]2CCCN2)c1. The van der Waals surface area contributed by atoms with Gasteiger partial charge in [-0.2, -0.15) is 0 Å². The first-order valence-electron chi connectivity index (χ1n) is 6.29. The molecule has 1 aromatic rings. The highest BCUT2D eigenvalue weighted by Gasteiger charge is 2.16. The minimum Gasteiger partial charge on any atom is -0.313 e. The van der Waals surface area contributed by atoms with Crippen LogP contribution in [0, 0.1) is 13.8 Å². The topological polar surface area (TPSA) is 29.1 Å². The van der Waals surface area contributed by atoms with Gasteiger partial charge in [-0.3, -0.25) is 4.21 Å². The summed E-state index contributed by atoms with van der Waals surface area (Å²) in [6.45, 7) is 5.28. The highest BCUT2D eigenvalue weighted by Crippen LogP contribution is 2.13. The fraction of sp³-hybridized carbons (Fsp3) is 0.571. The van der Waals surface area contributed by atoms with Gasteiger partial charge < -0.3 is 5.32 Å². The molecule has 0 amide bonds. The molecular formula is C14H21NOS. The van der Waals surface area contributed by atoms with Crippen LogP contribution in [0.3, 0.4) is 0 Å².